The molecule has 7 heteroatoms. The van der Waals surface area contributed by atoms with Crippen LogP contribution in [0.25, 0.3) is 0 Å². The molecule has 0 aromatic rings. The number of rotatable bonds is 4. The molecule has 0 aliphatic heterocycles. The number of carboxylic acid groups (broad SMARTS) is 1. The Balaban J connectivity index is 3.04. The van der Waals surface area contributed by atoms with Crippen LogP contribution in [0, 0.1) is 10.1 Å². The summed E-state index contributed by atoms with van der Waals surface area (Å²) < 4.78 is 0. The monoisotopic (exact) mass is 225 g/mol. The average molecular weight is 225 g/mol. The SMILES string of the molecule is O=C(O)CCC1=C([N+](=O)[O-])C(=O)C(=O)C=C1. The second kappa shape index (κ2) is 4.47. The van der Waals surface area contributed by atoms with E-state index in [1.54, 1.807) is 0 Å². The van der Waals surface area contributed by atoms with Crippen LogP contribution >= 0.6 is 0 Å². The molecule has 0 aromatic heterocycles. The van der Waals surface area contributed by atoms with E-state index >= 15 is 0 Å². The van der Waals surface area contributed by atoms with E-state index in [0.717, 1.165) is 12.2 Å². The highest BCUT2D eigenvalue weighted by Gasteiger charge is 2.33. The molecular formula is C9H7NO6. The van der Waals surface area contributed by atoms with Crippen molar-refractivity contribution in [2.24, 2.45) is 0 Å². The number of carbonyl (C=O) groups is 3. The summed E-state index contributed by atoms with van der Waals surface area (Å²) in [4.78, 5) is 42.0. The molecule has 0 unspecified atom stereocenters. The number of nitrogens with zero attached hydrogens (tertiary/aromatic N) is 1. The first-order valence-electron chi connectivity index (χ1n) is 4.29. The molecule has 0 amide bonds. The zero-order valence-electron chi connectivity index (χ0n) is 8.00. The number of Topliss-reactive ketones (excluding diaryl/α,β-unsaturated/α-hetero) is 1. The largest absolute Gasteiger partial charge is 0.481 e. The Labute approximate surface area is 89.2 Å². The molecule has 0 saturated heterocycles. The smallest absolute Gasteiger partial charge is 0.323 e. The van der Waals surface area contributed by atoms with Crippen LogP contribution in [0.4, 0.5) is 0 Å². The summed E-state index contributed by atoms with van der Waals surface area (Å²) >= 11 is 0. The Hall–Kier alpha value is -2.31. The van der Waals surface area contributed by atoms with E-state index in [1.807, 2.05) is 0 Å². The second-order valence-electron chi connectivity index (χ2n) is 3.05. The van der Waals surface area contributed by atoms with Crippen LogP contribution in [0.2, 0.25) is 0 Å². The Bertz CT molecular complexity index is 445. The highest BCUT2D eigenvalue weighted by molar-refractivity contribution is 6.47. The third-order valence-electron chi connectivity index (χ3n) is 1.97. The van der Waals surface area contributed by atoms with Crippen molar-refractivity contribution in [3.63, 3.8) is 0 Å². The van der Waals surface area contributed by atoms with Crippen LogP contribution in [0.5, 0.6) is 0 Å². The molecule has 0 spiro atoms. The second-order valence-corrected chi connectivity index (χ2v) is 3.05. The first kappa shape index (κ1) is 11.8. The third-order valence-corrected chi connectivity index (χ3v) is 1.97. The van der Waals surface area contributed by atoms with Gasteiger partial charge in [0.15, 0.2) is 0 Å². The van der Waals surface area contributed by atoms with Crippen molar-refractivity contribution in [2.45, 2.75) is 12.8 Å². The van der Waals surface area contributed by atoms with Crippen molar-refractivity contribution < 1.29 is 24.4 Å². The predicted octanol–water partition coefficient (Wildman–Crippen LogP) is 0.0900. The number of carboxylic acids is 1. The topological polar surface area (TPSA) is 115 Å². The van der Waals surface area contributed by atoms with Crippen molar-refractivity contribution in [1.82, 2.24) is 0 Å². The van der Waals surface area contributed by atoms with Crippen molar-refractivity contribution in [2.75, 3.05) is 0 Å². The molecule has 0 bridgehead atoms. The Morgan fingerprint density at radius 2 is 2.00 bits per heavy atom. The Kier molecular flexibility index (Phi) is 3.29. The van der Waals surface area contributed by atoms with Gasteiger partial charge in [-0.3, -0.25) is 24.5 Å². The van der Waals surface area contributed by atoms with Gasteiger partial charge in [0, 0.05) is 12.0 Å². The van der Waals surface area contributed by atoms with Crippen molar-refractivity contribution in [1.29, 1.82) is 0 Å². The van der Waals surface area contributed by atoms with Gasteiger partial charge in [0.1, 0.15) is 0 Å². The molecule has 7 nitrogen and oxygen atoms in total. The first-order valence-corrected chi connectivity index (χ1v) is 4.29. The fourth-order valence-corrected chi connectivity index (χ4v) is 1.24. The summed E-state index contributed by atoms with van der Waals surface area (Å²) in [6.07, 6.45) is 1.54. The van der Waals surface area contributed by atoms with Gasteiger partial charge < -0.3 is 5.11 Å². The zero-order valence-corrected chi connectivity index (χ0v) is 8.00. The molecule has 1 N–H and O–H groups in total. The highest BCUT2D eigenvalue weighted by Crippen LogP contribution is 2.19. The average Bonchev–Trinajstić information content (AvgIpc) is 2.19. The lowest BCUT2D eigenvalue weighted by Crippen LogP contribution is -2.24. The summed E-state index contributed by atoms with van der Waals surface area (Å²) in [6.45, 7) is 0. The van der Waals surface area contributed by atoms with Gasteiger partial charge >= 0.3 is 17.4 Å². The molecule has 0 aromatic carbocycles. The molecule has 1 aliphatic carbocycles. The van der Waals surface area contributed by atoms with Crippen LogP contribution in [0.15, 0.2) is 23.4 Å². The minimum absolute atomic E-state index is 0.0306. The summed E-state index contributed by atoms with van der Waals surface area (Å²) in [5, 5.41) is 19.0. The molecule has 0 radical (unpaired) electrons. The lowest BCUT2D eigenvalue weighted by Gasteiger charge is -2.05. The van der Waals surface area contributed by atoms with Gasteiger partial charge in [-0.05, 0) is 18.6 Å². The van der Waals surface area contributed by atoms with E-state index in [1.165, 1.54) is 0 Å². The van der Waals surface area contributed by atoms with Crippen LogP contribution in [-0.2, 0) is 14.4 Å². The molecule has 84 valence electrons. The van der Waals surface area contributed by atoms with Gasteiger partial charge in [-0.1, -0.05) is 0 Å². The number of nitro groups is 1. The van der Waals surface area contributed by atoms with E-state index in [4.69, 9.17) is 5.11 Å². The maximum atomic E-state index is 11.2. The van der Waals surface area contributed by atoms with Crippen LogP contribution in [0.1, 0.15) is 12.8 Å². The summed E-state index contributed by atoms with van der Waals surface area (Å²) in [6, 6.07) is 0. The number of ketones is 2. The molecule has 0 heterocycles. The van der Waals surface area contributed by atoms with Gasteiger partial charge in [0.25, 0.3) is 0 Å². The zero-order chi connectivity index (χ0) is 12.3. The molecule has 0 fully saturated rings. The lowest BCUT2D eigenvalue weighted by molar-refractivity contribution is -0.419. The molecule has 0 atom stereocenters. The molecular weight excluding hydrogens is 218 g/mol. The van der Waals surface area contributed by atoms with Gasteiger partial charge in [-0.15, -0.1) is 0 Å². The minimum atomic E-state index is -1.20. The molecule has 0 saturated carbocycles. The molecule has 1 rings (SSSR count). The summed E-state index contributed by atoms with van der Waals surface area (Å²) in [5.74, 6) is -3.30. The first-order chi connectivity index (χ1) is 7.43. The van der Waals surface area contributed by atoms with E-state index in [2.05, 4.69) is 0 Å². The van der Waals surface area contributed by atoms with Crippen molar-refractivity contribution >= 4 is 17.5 Å². The van der Waals surface area contributed by atoms with Crippen LogP contribution in [0.3, 0.4) is 0 Å². The minimum Gasteiger partial charge on any atom is -0.481 e. The molecule has 16 heavy (non-hydrogen) atoms. The van der Waals surface area contributed by atoms with Gasteiger partial charge in [0.2, 0.25) is 5.78 Å². The van der Waals surface area contributed by atoms with Crippen molar-refractivity contribution in [3.8, 4) is 0 Å². The van der Waals surface area contributed by atoms with E-state index in [-0.39, 0.29) is 18.4 Å². The fourth-order valence-electron chi connectivity index (χ4n) is 1.24. The van der Waals surface area contributed by atoms with E-state index in [0.29, 0.717) is 0 Å². The van der Waals surface area contributed by atoms with Gasteiger partial charge in [-0.2, -0.15) is 0 Å². The number of allylic oxidation sites excluding steroid dienone is 4. The summed E-state index contributed by atoms with van der Waals surface area (Å²) in [7, 11) is 0. The number of carbonyl (C=O) groups excluding carboxylic acids is 2. The summed E-state index contributed by atoms with van der Waals surface area (Å²) in [5.41, 5.74) is -0.856. The predicted molar refractivity (Wildman–Crippen MR) is 50.0 cm³/mol. The van der Waals surface area contributed by atoms with Crippen molar-refractivity contribution in [3.05, 3.63) is 33.5 Å². The Morgan fingerprint density at radius 1 is 1.38 bits per heavy atom. The maximum Gasteiger partial charge on any atom is 0.323 e. The fraction of sp³-hybridized carbons (Fsp3) is 0.222. The van der Waals surface area contributed by atoms with Crippen LogP contribution in [-0.4, -0.2) is 27.6 Å². The highest BCUT2D eigenvalue weighted by atomic mass is 16.6. The quantitative estimate of drug-likeness (QED) is 0.314. The number of hydrogen-bond donors (Lipinski definition) is 1. The Morgan fingerprint density at radius 3 is 2.50 bits per heavy atom. The lowest BCUT2D eigenvalue weighted by atomic mass is 9.98. The normalized spacial score (nSPS) is 15.5. The van der Waals surface area contributed by atoms with E-state index in [9.17, 15) is 24.5 Å². The van der Waals surface area contributed by atoms with Gasteiger partial charge in [-0.25, -0.2) is 0 Å². The standard InChI is InChI=1S/C9H7NO6/c11-6-3-1-5(2-4-7(12)13)8(9(6)14)10(15)16/h1,3H,2,4H2,(H,12,13). The van der Waals surface area contributed by atoms with Crippen LogP contribution < -0.4 is 0 Å². The maximum absolute atomic E-state index is 11.2. The molecule has 1 aliphatic rings. The van der Waals surface area contributed by atoms with E-state index < -0.39 is 28.2 Å². The number of aliphatic carboxylic acids is 1. The number of hydrogen-bond acceptors (Lipinski definition) is 5. The third kappa shape index (κ3) is 2.38. The van der Waals surface area contributed by atoms with Gasteiger partial charge in [0.05, 0.1) is 4.92 Å².